The molecule has 128 valence electrons. The average Bonchev–Trinajstić information content (AvgIpc) is 3.11. The zero-order valence-electron chi connectivity index (χ0n) is 12.7. The molecular weight excluding hydrogens is 401 g/mol. The van der Waals surface area contributed by atoms with Crippen molar-refractivity contribution in [3.8, 4) is 0 Å². The summed E-state index contributed by atoms with van der Waals surface area (Å²) in [4.78, 5) is 4.28. The molecule has 1 aromatic carbocycles. The summed E-state index contributed by atoms with van der Waals surface area (Å²) >= 11 is 3.25. The number of hydrogen-bond donors (Lipinski definition) is 0. The van der Waals surface area contributed by atoms with Gasteiger partial charge in [0.15, 0.2) is 5.82 Å². The van der Waals surface area contributed by atoms with E-state index in [0.29, 0.717) is 10.3 Å². The Kier molecular flexibility index (Phi) is 3.77. The van der Waals surface area contributed by atoms with E-state index < -0.39 is 15.7 Å². The first-order valence-electron chi connectivity index (χ1n) is 7.67. The van der Waals surface area contributed by atoms with Gasteiger partial charge < -0.3 is 4.52 Å². The second kappa shape index (κ2) is 5.60. The van der Waals surface area contributed by atoms with Crippen molar-refractivity contribution in [3.05, 3.63) is 40.5 Å². The van der Waals surface area contributed by atoms with Crippen LogP contribution >= 0.6 is 15.9 Å². The summed E-state index contributed by atoms with van der Waals surface area (Å²) in [7, 11) is -3.76. The van der Waals surface area contributed by atoms with Crippen LogP contribution in [-0.2, 0) is 15.7 Å². The predicted octanol–water partition coefficient (Wildman–Crippen LogP) is 2.97. The highest BCUT2D eigenvalue weighted by molar-refractivity contribution is 9.10. The van der Waals surface area contributed by atoms with Crippen LogP contribution in [0.4, 0.5) is 4.39 Å². The second-order valence-corrected chi connectivity index (χ2v) is 9.10. The lowest BCUT2D eigenvalue weighted by atomic mass is 10.1. The molecule has 2 fully saturated rings. The summed E-state index contributed by atoms with van der Waals surface area (Å²) in [5.74, 6) is 0.667. The second-order valence-electron chi connectivity index (χ2n) is 6.24. The van der Waals surface area contributed by atoms with E-state index in [0.717, 1.165) is 17.1 Å². The standard InChI is InChI=1S/C15H15BrFN3O3S/c16-11-2-1-3-12(8-11)24(21,22)20-7-6-15(17,9-20)14-18-13(19-23-14)10-4-5-10/h1-3,8,10H,4-7,9H2. The van der Waals surface area contributed by atoms with E-state index in [-0.39, 0.29) is 36.2 Å². The summed E-state index contributed by atoms with van der Waals surface area (Å²) in [5, 5.41) is 3.82. The van der Waals surface area contributed by atoms with E-state index in [1.54, 1.807) is 12.1 Å². The molecule has 0 spiro atoms. The van der Waals surface area contributed by atoms with Crippen LogP contribution in [0.3, 0.4) is 0 Å². The summed E-state index contributed by atoms with van der Waals surface area (Å²) in [6, 6.07) is 6.37. The van der Waals surface area contributed by atoms with Crippen molar-refractivity contribution in [3.63, 3.8) is 0 Å². The fourth-order valence-corrected chi connectivity index (χ4v) is 4.90. The summed E-state index contributed by atoms with van der Waals surface area (Å²) in [6.45, 7) is -0.235. The lowest BCUT2D eigenvalue weighted by Gasteiger charge is -2.18. The maximum absolute atomic E-state index is 15.2. The first-order valence-corrected chi connectivity index (χ1v) is 9.90. The Morgan fingerprint density at radius 3 is 2.88 bits per heavy atom. The third kappa shape index (κ3) is 2.78. The zero-order chi connectivity index (χ0) is 16.9. The lowest BCUT2D eigenvalue weighted by Crippen LogP contribution is -2.32. The number of halogens is 2. The number of nitrogens with zero attached hydrogens (tertiary/aromatic N) is 3. The third-order valence-electron chi connectivity index (χ3n) is 4.39. The van der Waals surface area contributed by atoms with Gasteiger partial charge in [-0.3, -0.25) is 0 Å². The van der Waals surface area contributed by atoms with E-state index in [2.05, 4.69) is 26.1 Å². The molecule has 0 radical (unpaired) electrons. The molecule has 1 saturated heterocycles. The van der Waals surface area contributed by atoms with Gasteiger partial charge in [-0.05, 0) is 31.0 Å². The van der Waals surface area contributed by atoms with Gasteiger partial charge in [-0.1, -0.05) is 27.2 Å². The number of alkyl halides is 1. The first-order chi connectivity index (χ1) is 11.4. The molecule has 9 heteroatoms. The smallest absolute Gasteiger partial charge is 0.265 e. The molecule has 1 aliphatic heterocycles. The van der Waals surface area contributed by atoms with Gasteiger partial charge in [-0.2, -0.15) is 9.29 Å². The minimum atomic E-state index is -3.76. The molecule has 2 aromatic rings. The Hall–Kier alpha value is -1.32. The maximum atomic E-state index is 15.2. The Morgan fingerprint density at radius 2 is 2.17 bits per heavy atom. The molecule has 1 aliphatic carbocycles. The van der Waals surface area contributed by atoms with Gasteiger partial charge >= 0.3 is 0 Å². The van der Waals surface area contributed by atoms with Crippen LogP contribution in [0, 0.1) is 0 Å². The van der Waals surface area contributed by atoms with Crippen LogP contribution in [0.2, 0.25) is 0 Å². The molecule has 2 heterocycles. The van der Waals surface area contributed by atoms with Crippen LogP contribution in [-0.4, -0.2) is 36.0 Å². The van der Waals surface area contributed by atoms with Crippen molar-refractivity contribution in [1.29, 1.82) is 0 Å². The average molecular weight is 416 g/mol. The highest BCUT2D eigenvalue weighted by Gasteiger charge is 2.49. The van der Waals surface area contributed by atoms with Crippen LogP contribution in [0.25, 0.3) is 0 Å². The Morgan fingerprint density at radius 1 is 1.38 bits per heavy atom. The molecule has 1 aromatic heterocycles. The van der Waals surface area contributed by atoms with Crippen LogP contribution in [0.15, 0.2) is 38.2 Å². The molecule has 1 unspecified atom stereocenters. The van der Waals surface area contributed by atoms with Gasteiger partial charge in [0.05, 0.1) is 11.4 Å². The monoisotopic (exact) mass is 415 g/mol. The number of benzene rings is 1. The van der Waals surface area contributed by atoms with Crippen molar-refractivity contribution in [1.82, 2.24) is 14.4 Å². The largest absolute Gasteiger partial charge is 0.336 e. The maximum Gasteiger partial charge on any atom is 0.265 e. The van der Waals surface area contributed by atoms with E-state index in [1.165, 1.54) is 12.1 Å². The van der Waals surface area contributed by atoms with Gasteiger partial charge in [0.1, 0.15) is 0 Å². The van der Waals surface area contributed by atoms with E-state index in [9.17, 15) is 8.42 Å². The Labute approximate surface area is 147 Å². The van der Waals surface area contributed by atoms with Crippen LogP contribution < -0.4 is 0 Å². The molecule has 1 saturated carbocycles. The molecular formula is C15H15BrFN3O3S. The molecule has 2 aliphatic rings. The minimum absolute atomic E-state index is 0.00648. The minimum Gasteiger partial charge on any atom is -0.336 e. The lowest BCUT2D eigenvalue weighted by molar-refractivity contribution is 0.127. The van der Waals surface area contributed by atoms with Crippen LogP contribution in [0.5, 0.6) is 0 Å². The number of hydrogen-bond acceptors (Lipinski definition) is 5. The van der Waals surface area contributed by atoms with Gasteiger partial charge in [0, 0.05) is 23.4 Å². The van der Waals surface area contributed by atoms with Crippen molar-refractivity contribution in [2.45, 2.75) is 35.7 Å². The molecule has 0 bridgehead atoms. The van der Waals surface area contributed by atoms with Gasteiger partial charge in [0.25, 0.3) is 5.89 Å². The summed E-state index contributed by atoms with van der Waals surface area (Å²) < 4.78 is 47.5. The molecule has 6 nitrogen and oxygen atoms in total. The fraction of sp³-hybridized carbons (Fsp3) is 0.467. The zero-order valence-corrected chi connectivity index (χ0v) is 15.1. The Bertz CT molecular complexity index is 884. The topological polar surface area (TPSA) is 76.3 Å². The van der Waals surface area contributed by atoms with Crippen molar-refractivity contribution in [2.75, 3.05) is 13.1 Å². The summed E-state index contributed by atoms with van der Waals surface area (Å²) in [6.07, 6.45) is 1.98. The van der Waals surface area contributed by atoms with Crippen LogP contribution in [0.1, 0.15) is 36.9 Å². The number of aromatic nitrogens is 2. The van der Waals surface area contributed by atoms with Crippen molar-refractivity contribution < 1.29 is 17.3 Å². The van der Waals surface area contributed by atoms with Gasteiger partial charge in [-0.25, -0.2) is 12.8 Å². The third-order valence-corrected chi connectivity index (χ3v) is 6.72. The normalized spacial score (nSPS) is 25.2. The van der Waals surface area contributed by atoms with E-state index in [4.69, 9.17) is 4.52 Å². The molecule has 0 N–H and O–H groups in total. The van der Waals surface area contributed by atoms with Crippen molar-refractivity contribution in [2.24, 2.45) is 0 Å². The highest BCUT2D eigenvalue weighted by Crippen LogP contribution is 2.41. The SMILES string of the molecule is O=S(=O)(c1cccc(Br)c1)N1CCC(F)(c2nc(C3CC3)no2)C1. The first kappa shape index (κ1) is 16.2. The summed E-state index contributed by atoms with van der Waals surface area (Å²) in [5.41, 5.74) is -1.93. The molecule has 24 heavy (non-hydrogen) atoms. The molecule has 4 rings (SSSR count). The molecule has 0 amide bonds. The number of sulfonamides is 1. The predicted molar refractivity (Wildman–Crippen MR) is 86.6 cm³/mol. The van der Waals surface area contributed by atoms with Gasteiger partial charge in [0.2, 0.25) is 15.7 Å². The molecule has 1 atom stereocenters. The fourth-order valence-electron chi connectivity index (χ4n) is 2.82. The van der Waals surface area contributed by atoms with E-state index in [1.807, 2.05) is 0 Å². The van der Waals surface area contributed by atoms with Crippen molar-refractivity contribution >= 4 is 26.0 Å². The van der Waals surface area contributed by atoms with Gasteiger partial charge in [-0.15, -0.1) is 0 Å². The number of rotatable bonds is 4. The Balaban J connectivity index is 1.58. The van der Waals surface area contributed by atoms with E-state index >= 15 is 4.39 Å². The highest BCUT2D eigenvalue weighted by atomic mass is 79.9. The quantitative estimate of drug-likeness (QED) is 0.766.